The summed E-state index contributed by atoms with van der Waals surface area (Å²) in [5.74, 6) is 0. The first-order valence-electron chi connectivity index (χ1n) is 9.59. The molecule has 1 unspecified atom stereocenters. The summed E-state index contributed by atoms with van der Waals surface area (Å²) in [7, 11) is 0. The van der Waals surface area contributed by atoms with E-state index in [2.05, 4.69) is 78.6 Å². The fourth-order valence-electron chi connectivity index (χ4n) is 4.00. The van der Waals surface area contributed by atoms with Crippen LogP contribution in [0.3, 0.4) is 0 Å². The lowest BCUT2D eigenvalue weighted by molar-refractivity contribution is 0.449. The quantitative estimate of drug-likeness (QED) is 0.725. The van der Waals surface area contributed by atoms with Crippen LogP contribution in [0.25, 0.3) is 0 Å². The van der Waals surface area contributed by atoms with Gasteiger partial charge >= 0.3 is 0 Å². The summed E-state index contributed by atoms with van der Waals surface area (Å²) in [4.78, 5) is 0. The smallest absolute Gasteiger partial charge is 0.0662 e. The maximum atomic E-state index is 4.70. The van der Waals surface area contributed by atoms with E-state index in [0.29, 0.717) is 6.04 Å². The Balaban J connectivity index is 1.49. The van der Waals surface area contributed by atoms with Crippen LogP contribution in [0.5, 0.6) is 0 Å². The molecular formula is C23H27N3. The number of fused-ring (bicyclic) bond motifs is 1. The van der Waals surface area contributed by atoms with Gasteiger partial charge in [0.05, 0.1) is 12.7 Å². The predicted octanol–water partition coefficient (Wildman–Crippen LogP) is 4.72. The Bertz CT molecular complexity index is 880. The highest BCUT2D eigenvalue weighted by Gasteiger charge is 2.24. The Morgan fingerprint density at radius 3 is 2.77 bits per heavy atom. The van der Waals surface area contributed by atoms with Crippen molar-refractivity contribution in [2.75, 3.05) is 0 Å². The van der Waals surface area contributed by atoms with E-state index in [1.54, 1.807) is 0 Å². The van der Waals surface area contributed by atoms with Gasteiger partial charge in [-0.15, -0.1) is 0 Å². The zero-order chi connectivity index (χ0) is 17.9. The third-order valence-electron chi connectivity index (χ3n) is 5.47. The molecule has 2 aromatic carbocycles. The average molecular weight is 345 g/mol. The van der Waals surface area contributed by atoms with Crippen molar-refractivity contribution < 1.29 is 0 Å². The summed E-state index contributed by atoms with van der Waals surface area (Å²) < 4.78 is 2.19. The van der Waals surface area contributed by atoms with Crippen LogP contribution in [0.4, 0.5) is 0 Å². The van der Waals surface area contributed by atoms with Gasteiger partial charge < -0.3 is 5.32 Å². The van der Waals surface area contributed by atoms with E-state index in [1.807, 2.05) is 0 Å². The van der Waals surface area contributed by atoms with Crippen molar-refractivity contribution >= 4 is 0 Å². The third-order valence-corrected chi connectivity index (χ3v) is 5.47. The molecule has 3 aromatic rings. The van der Waals surface area contributed by atoms with E-state index in [-0.39, 0.29) is 0 Å². The number of benzene rings is 2. The molecule has 1 aliphatic carbocycles. The number of hydrogen-bond acceptors (Lipinski definition) is 2. The second-order valence-electron chi connectivity index (χ2n) is 7.45. The molecule has 134 valence electrons. The zero-order valence-electron chi connectivity index (χ0n) is 15.7. The number of aryl methyl sites for hydroxylation is 2. The van der Waals surface area contributed by atoms with Crippen LogP contribution in [0.2, 0.25) is 0 Å². The minimum absolute atomic E-state index is 0.406. The monoisotopic (exact) mass is 345 g/mol. The van der Waals surface area contributed by atoms with Gasteiger partial charge in [0.25, 0.3) is 0 Å². The van der Waals surface area contributed by atoms with Crippen LogP contribution < -0.4 is 5.32 Å². The second kappa shape index (κ2) is 7.46. The number of aromatic nitrogens is 2. The standard InChI is InChI=1S/C23H27N3/c1-17-11-12-20(18(2)13-17)14-24-22-9-6-10-23-21(22)15-25-26(23)16-19-7-4-3-5-8-19/h3-5,7-8,11-13,15,22,24H,6,9-10,14,16H2,1-2H3. The summed E-state index contributed by atoms with van der Waals surface area (Å²) in [6.45, 7) is 6.13. The van der Waals surface area contributed by atoms with Gasteiger partial charge in [0, 0.05) is 23.8 Å². The van der Waals surface area contributed by atoms with Crippen LogP contribution >= 0.6 is 0 Å². The summed E-state index contributed by atoms with van der Waals surface area (Å²) in [5.41, 5.74) is 8.18. The molecule has 0 spiro atoms. The molecule has 1 atom stereocenters. The molecule has 3 heteroatoms. The Kier molecular flexibility index (Phi) is 4.89. The van der Waals surface area contributed by atoms with Gasteiger partial charge in [-0.05, 0) is 49.8 Å². The maximum absolute atomic E-state index is 4.70. The Morgan fingerprint density at radius 2 is 1.96 bits per heavy atom. The fraction of sp³-hybridized carbons (Fsp3) is 0.348. The highest BCUT2D eigenvalue weighted by atomic mass is 15.3. The van der Waals surface area contributed by atoms with E-state index in [1.165, 1.54) is 46.4 Å². The van der Waals surface area contributed by atoms with Crippen LogP contribution in [0.1, 0.15) is 52.4 Å². The highest BCUT2D eigenvalue weighted by molar-refractivity contribution is 5.31. The van der Waals surface area contributed by atoms with E-state index in [4.69, 9.17) is 5.10 Å². The topological polar surface area (TPSA) is 29.9 Å². The lowest BCUT2D eigenvalue weighted by Gasteiger charge is -2.25. The number of rotatable bonds is 5. The Morgan fingerprint density at radius 1 is 1.12 bits per heavy atom. The molecule has 1 aliphatic rings. The molecule has 0 aliphatic heterocycles. The first-order valence-corrected chi connectivity index (χ1v) is 9.59. The minimum atomic E-state index is 0.406. The highest BCUT2D eigenvalue weighted by Crippen LogP contribution is 2.30. The van der Waals surface area contributed by atoms with Crippen molar-refractivity contribution in [1.82, 2.24) is 15.1 Å². The molecule has 0 radical (unpaired) electrons. The van der Waals surface area contributed by atoms with Gasteiger partial charge in [0.2, 0.25) is 0 Å². The van der Waals surface area contributed by atoms with Gasteiger partial charge in [-0.25, -0.2) is 0 Å². The van der Waals surface area contributed by atoms with E-state index >= 15 is 0 Å². The van der Waals surface area contributed by atoms with Crippen molar-refractivity contribution in [3.05, 3.63) is 88.2 Å². The van der Waals surface area contributed by atoms with Crippen molar-refractivity contribution in [1.29, 1.82) is 0 Å². The molecule has 0 saturated carbocycles. The largest absolute Gasteiger partial charge is 0.306 e. The van der Waals surface area contributed by atoms with Crippen molar-refractivity contribution in [3.63, 3.8) is 0 Å². The molecule has 0 amide bonds. The Hall–Kier alpha value is -2.39. The molecule has 1 aromatic heterocycles. The average Bonchev–Trinajstić information content (AvgIpc) is 3.05. The van der Waals surface area contributed by atoms with E-state index in [0.717, 1.165) is 19.5 Å². The van der Waals surface area contributed by atoms with E-state index < -0.39 is 0 Å². The predicted molar refractivity (Wildman–Crippen MR) is 106 cm³/mol. The summed E-state index contributed by atoms with van der Waals surface area (Å²) >= 11 is 0. The number of nitrogens with zero attached hydrogens (tertiary/aromatic N) is 2. The minimum Gasteiger partial charge on any atom is -0.306 e. The van der Waals surface area contributed by atoms with Gasteiger partial charge in [-0.3, -0.25) is 4.68 Å². The molecule has 0 fully saturated rings. The molecule has 1 N–H and O–H groups in total. The first-order chi connectivity index (χ1) is 12.7. The fourth-order valence-corrected chi connectivity index (χ4v) is 4.00. The van der Waals surface area contributed by atoms with E-state index in [9.17, 15) is 0 Å². The first kappa shape index (κ1) is 17.0. The van der Waals surface area contributed by atoms with Gasteiger partial charge in [0.1, 0.15) is 0 Å². The SMILES string of the molecule is Cc1ccc(CNC2CCCc3c2cnn3Cc2ccccc2)c(C)c1. The number of nitrogens with one attached hydrogen (secondary N) is 1. The van der Waals surface area contributed by atoms with Crippen LogP contribution in [-0.2, 0) is 19.5 Å². The molecular weight excluding hydrogens is 318 g/mol. The lowest BCUT2D eigenvalue weighted by Crippen LogP contribution is -2.25. The van der Waals surface area contributed by atoms with Gasteiger partial charge in [-0.2, -0.15) is 5.10 Å². The summed E-state index contributed by atoms with van der Waals surface area (Å²) in [6, 6.07) is 17.7. The van der Waals surface area contributed by atoms with Crippen LogP contribution in [-0.4, -0.2) is 9.78 Å². The lowest BCUT2D eigenvalue weighted by atomic mass is 9.92. The van der Waals surface area contributed by atoms with Crippen molar-refractivity contribution in [2.24, 2.45) is 0 Å². The summed E-state index contributed by atoms with van der Waals surface area (Å²) in [5, 5.41) is 8.48. The number of hydrogen-bond donors (Lipinski definition) is 1. The molecule has 1 heterocycles. The van der Waals surface area contributed by atoms with Crippen LogP contribution in [0, 0.1) is 13.8 Å². The third kappa shape index (κ3) is 3.58. The second-order valence-corrected chi connectivity index (χ2v) is 7.45. The molecule has 0 bridgehead atoms. The maximum Gasteiger partial charge on any atom is 0.0662 e. The molecule has 26 heavy (non-hydrogen) atoms. The van der Waals surface area contributed by atoms with Gasteiger partial charge in [-0.1, -0.05) is 54.1 Å². The molecule has 0 saturated heterocycles. The Labute approximate surface area is 156 Å². The normalized spacial score (nSPS) is 16.5. The molecule has 3 nitrogen and oxygen atoms in total. The van der Waals surface area contributed by atoms with Gasteiger partial charge in [0.15, 0.2) is 0 Å². The molecule has 4 rings (SSSR count). The summed E-state index contributed by atoms with van der Waals surface area (Å²) in [6.07, 6.45) is 5.62. The van der Waals surface area contributed by atoms with Crippen molar-refractivity contribution in [2.45, 2.75) is 52.2 Å². The zero-order valence-corrected chi connectivity index (χ0v) is 15.7. The van der Waals surface area contributed by atoms with Crippen LogP contribution in [0.15, 0.2) is 54.7 Å². The van der Waals surface area contributed by atoms with Crippen molar-refractivity contribution in [3.8, 4) is 0 Å².